The van der Waals surface area contributed by atoms with E-state index in [1.165, 1.54) is 5.56 Å². The molecule has 32 heavy (non-hydrogen) atoms. The molecule has 0 fully saturated rings. The molecule has 0 aliphatic carbocycles. The van der Waals surface area contributed by atoms with Gasteiger partial charge in [-0.3, -0.25) is 9.59 Å². The molecule has 2 aromatic carbocycles. The Kier molecular flexibility index (Phi) is 9.32. The van der Waals surface area contributed by atoms with Crippen LogP contribution >= 0.6 is 15.9 Å². The molecule has 1 N–H and O–H groups in total. The number of halogens is 1. The van der Waals surface area contributed by atoms with Crippen molar-refractivity contribution >= 4 is 27.7 Å². The highest BCUT2D eigenvalue weighted by Gasteiger charge is 2.28. The van der Waals surface area contributed by atoms with Crippen LogP contribution in [-0.4, -0.2) is 35.9 Å². The predicted molar refractivity (Wildman–Crippen MR) is 133 cm³/mol. The predicted octanol–water partition coefficient (Wildman–Crippen LogP) is 5.38. The van der Waals surface area contributed by atoms with Gasteiger partial charge in [0.2, 0.25) is 5.91 Å². The zero-order valence-corrected chi connectivity index (χ0v) is 21.6. The van der Waals surface area contributed by atoms with Crippen LogP contribution in [0.4, 0.5) is 0 Å². The van der Waals surface area contributed by atoms with E-state index in [2.05, 4.69) is 42.0 Å². The Bertz CT molecular complexity index is 920. The van der Waals surface area contributed by atoms with Gasteiger partial charge in [-0.05, 0) is 64.9 Å². The van der Waals surface area contributed by atoms with Crippen LogP contribution in [0.3, 0.4) is 0 Å². The van der Waals surface area contributed by atoms with E-state index in [1.807, 2.05) is 63.2 Å². The minimum absolute atomic E-state index is 0.0166. The molecule has 0 aliphatic heterocycles. The minimum Gasteiger partial charge on any atom is -0.483 e. The number of rotatable bonds is 9. The molecule has 0 unspecified atom stereocenters. The number of aryl methyl sites for hydroxylation is 1. The third-order valence-corrected chi connectivity index (χ3v) is 5.98. The quantitative estimate of drug-likeness (QED) is 0.500. The van der Waals surface area contributed by atoms with E-state index >= 15 is 0 Å². The average molecular weight is 503 g/mol. The van der Waals surface area contributed by atoms with E-state index in [0.29, 0.717) is 25.3 Å². The third kappa shape index (κ3) is 7.09. The second-order valence-electron chi connectivity index (χ2n) is 9.01. The van der Waals surface area contributed by atoms with Gasteiger partial charge in [-0.1, -0.05) is 63.6 Å². The summed E-state index contributed by atoms with van der Waals surface area (Å²) in [5, 5.41) is 2.85. The SMILES string of the molecule is CCNC(=O)[C@H](CC)N(Cc1ccc(C)cc1)C(=O)COc1ccc(C(C)(C)C)cc1Br. The van der Waals surface area contributed by atoms with Gasteiger partial charge in [-0.2, -0.15) is 0 Å². The van der Waals surface area contributed by atoms with E-state index in [4.69, 9.17) is 4.74 Å². The maximum atomic E-state index is 13.2. The average Bonchev–Trinajstić information content (AvgIpc) is 2.73. The van der Waals surface area contributed by atoms with Gasteiger partial charge in [-0.25, -0.2) is 0 Å². The first kappa shape index (κ1) is 25.9. The number of ether oxygens (including phenoxy) is 1. The molecule has 0 saturated heterocycles. The molecule has 0 radical (unpaired) electrons. The fourth-order valence-electron chi connectivity index (χ4n) is 3.41. The maximum absolute atomic E-state index is 13.2. The Labute approximate surface area is 200 Å². The van der Waals surface area contributed by atoms with Crippen molar-refractivity contribution in [3.8, 4) is 5.75 Å². The number of likely N-dealkylation sites (N-methyl/N-ethyl adjacent to an activating group) is 1. The Hall–Kier alpha value is -2.34. The van der Waals surface area contributed by atoms with Gasteiger partial charge in [0.05, 0.1) is 4.47 Å². The highest BCUT2D eigenvalue weighted by atomic mass is 79.9. The zero-order chi connectivity index (χ0) is 23.9. The van der Waals surface area contributed by atoms with E-state index in [9.17, 15) is 9.59 Å². The van der Waals surface area contributed by atoms with E-state index in [0.717, 1.165) is 15.6 Å². The van der Waals surface area contributed by atoms with Crippen molar-refractivity contribution in [2.75, 3.05) is 13.2 Å². The van der Waals surface area contributed by atoms with E-state index in [1.54, 1.807) is 4.90 Å². The van der Waals surface area contributed by atoms with Crippen LogP contribution in [0.1, 0.15) is 57.7 Å². The molecule has 2 amide bonds. The third-order valence-electron chi connectivity index (χ3n) is 5.36. The second-order valence-corrected chi connectivity index (χ2v) is 9.86. The van der Waals surface area contributed by atoms with Crippen LogP contribution in [0, 0.1) is 6.92 Å². The molecule has 0 bridgehead atoms. The Balaban J connectivity index is 2.21. The molecular formula is C26H35BrN2O3. The highest BCUT2D eigenvalue weighted by molar-refractivity contribution is 9.10. The van der Waals surface area contributed by atoms with Gasteiger partial charge >= 0.3 is 0 Å². The molecule has 2 rings (SSSR count). The molecule has 0 aliphatic rings. The normalized spacial score (nSPS) is 12.2. The number of benzene rings is 2. The number of nitrogens with zero attached hydrogens (tertiary/aromatic N) is 1. The van der Waals surface area contributed by atoms with Crippen molar-refractivity contribution in [3.05, 3.63) is 63.6 Å². The Morgan fingerprint density at radius 2 is 1.75 bits per heavy atom. The van der Waals surface area contributed by atoms with Crippen LogP contribution in [-0.2, 0) is 21.5 Å². The number of hydrogen-bond acceptors (Lipinski definition) is 3. The van der Waals surface area contributed by atoms with Crippen LogP contribution in [0.5, 0.6) is 5.75 Å². The highest BCUT2D eigenvalue weighted by Crippen LogP contribution is 2.31. The van der Waals surface area contributed by atoms with Crippen molar-refractivity contribution in [1.29, 1.82) is 0 Å². The summed E-state index contributed by atoms with van der Waals surface area (Å²) < 4.78 is 6.67. The first-order valence-corrected chi connectivity index (χ1v) is 11.9. The molecule has 0 saturated carbocycles. The molecule has 2 aromatic rings. The molecular weight excluding hydrogens is 468 g/mol. The molecule has 0 aromatic heterocycles. The van der Waals surface area contributed by atoms with Crippen molar-refractivity contribution in [2.45, 2.75) is 66.0 Å². The number of nitrogens with one attached hydrogen (secondary N) is 1. The summed E-state index contributed by atoms with van der Waals surface area (Å²) in [6, 6.07) is 13.4. The van der Waals surface area contributed by atoms with Crippen LogP contribution < -0.4 is 10.1 Å². The topological polar surface area (TPSA) is 58.6 Å². The van der Waals surface area contributed by atoms with Crippen LogP contribution in [0.2, 0.25) is 0 Å². The van der Waals surface area contributed by atoms with Gasteiger partial charge in [-0.15, -0.1) is 0 Å². The monoisotopic (exact) mass is 502 g/mol. The second kappa shape index (κ2) is 11.5. The standard InChI is InChI=1S/C26H35BrN2O3/c1-7-22(25(31)28-8-2)29(16-19-11-9-18(3)10-12-19)24(30)17-32-23-14-13-20(15-21(23)27)26(4,5)6/h9-15,22H,7-8,16-17H2,1-6H3,(H,28,31)/t22-/m0/s1. The Morgan fingerprint density at radius 3 is 2.28 bits per heavy atom. The lowest BCUT2D eigenvalue weighted by atomic mass is 9.87. The van der Waals surface area contributed by atoms with Gasteiger partial charge in [0.1, 0.15) is 11.8 Å². The summed E-state index contributed by atoms with van der Waals surface area (Å²) in [4.78, 5) is 27.5. The first-order chi connectivity index (χ1) is 15.1. The van der Waals surface area contributed by atoms with Gasteiger partial charge in [0.25, 0.3) is 5.91 Å². The van der Waals surface area contributed by atoms with Crippen LogP contribution in [0.25, 0.3) is 0 Å². The summed E-state index contributed by atoms with van der Waals surface area (Å²) in [5.41, 5.74) is 3.31. The molecule has 1 atom stereocenters. The lowest BCUT2D eigenvalue weighted by molar-refractivity contribution is -0.142. The molecule has 0 spiro atoms. The zero-order valence-electron chi connectivity index (χ0n) is 20.0. The fourth-order valence-corrected chi connectivity index (χ4v) is 3.90. The van der Waals surface area contributed by atoms with Crippen molar-refractivity contribution in [2.24, 2.45) is 0 Å². The maximum Gasteiger partial charge on any atom is 0.261 e. The Morgan fingerprint density at radius 1 is 1.09 bits per heavy atom. The van der Waals surface area contributed by atoms with Crippen molar-refractivity contribution in [3.63, 3.8) is 0 Å². The largest absolute Gasteiger partial charge is 0.483 e. The fraction of sp³-hybridized carbons (Fsp3) is 0.462. The van der Waals surface area contributed by atoms with E-state index < -0.39 is 6.04 Å². The van der Waals surface area contributed by atoms with Gasteiger partial charge < -0.3 is 15.0 Å². The number of carbonyl (C=O) groups is 2. The number of carbonyl (C=O) groups excluding carboxylic acids is 2. The van der Waals surface area contributed by atoms with Crippen LogP contribution in [0.15, 0.2) is 46.9 Å². The molecule has 174 valence electrons. The van der Waals surface area contributed by atoms with Crippen molar-refractivity contribution in [1.82, 2.24) is 10.2 Å². The summed E-state index contributed by atoms with van der Waals surface area (Å²) in [6.07, 6.45) is 0.521. The smallest absolute Gasteiger partial charge is 0.261 e. The van der Waals surface area contributed by atoms with Gasteiger partial charge in [0, 0.05) is 13.1 Å². The molecule has 5 nitrogen and oxygen atoms in total. The van der Waals surface area contributed by atoms with E-state index in [-0.39, 0.29) is 23.8 Å². The van der Waals surface area contributed by atoms with Gasteiger partial charge in [0.15, 0.2) is 6.61 Å². The molecule has 0 heterocycles. The summed E-state index contributed by atoms with van der Waals surface area (Å²) >= 11 is 3.56. The summed E-state index contributed by atoms with van der Waals surface area (Å²) in [5.74, 6) is 0.231. The lowest BCUT2D eigenvalue weighted by Crippen LogP contribution is -2.50. The molecule has 6 heteroatoms. The number of hydrogen-bond donors (Lipinski definition) is 1. The summed E-state index contributed by atoms with van der Waals surface area (Å²) in [7, 11) is 0. The first-order valence-electron chi connectivity index (χ1n) is 11.1. The summed E-state index contributed by atoms with van der Waals surface area (Å²) in [6.45, 7) is 13.0. The van der Waals surface area contributed by atoms with Crippen molar-refractivity contribution < 1.29 is 14.3 Å². The lowest BCUT2D eigenvalue weighted by Gasteiger charge is -2.30. The number of amides is 2. The minimum atomic E-state index is -0.556.